The maximum Gasteiger partial charge on any atom is 0.279 e. The third-order valence-corrected chi connectivity index (χ3v) is 5.23. The molecule has 0 bridgehead atoms. The third kappa shape index (κ3) is 3.91. The molecule has 23 heavy (non-hydrogen) atoms. The SMILES string of the molecule is CCn1c(SCC(=O)NNC(=O)c2cccs2)nnc1C1CC1. The predicted molar refractivity (Wildman–Crippen MR) is 88.3 cm³/mol. The maximum atomic E-state index is 11.8. The van der Waals surface area contributed by atoms with E-state index in [1.54, 1.807) is 12.1 Å². The minimum atomic E-state index is -0.314. The predicted octanol–water partition coefficient (Wildman–Crippen LogP) is 1.79. The number of nitrogens with zero attached hydrogens (tertiary/aromatic N) is 3. The van der Waals surface area contributed by atoms with Crippen LogP contribution in [0.15, 0.2) is 22.7 Å². The number of hydrogen-bond acceptors (Lipinski definition) is 6. The van der Waals surface area contributed by atoms with E-state index in [2.05, 4.69) is 25.6 Å². The van der Waals surface area contributed by atoms with Crippen LogP contribution in [0.2, 0.25) is 0 Å². The minimum absolute atomic E-state index is 0.174. The summed E-state index contributed by atoms with van der Waals surface area (Å²) >= 11 is 2.64. The van der Waals surface area contributed by atoms with Gasteiger partial charge < -0.3 is 4.57 Å². The monoisotopic (exact) mass is 351 g/mol. The fourth-order valence-electron chi connectivity index (χ4n) is 2.11. The van der Waals surface area contributed by atoms with Crippen molar-refractivity contribution in [3.05, 3.63) is 28.2 Å². The Kier molecular flexibility index (Phi) is 4.97. The number of hydrogen-bond donors (Lipinski definition) is 2. The molecule has 1 fully saturated rings. The van der Waals surface area contributed by atoms with Crippen molar-refractivity contribution in [2.75, 3.05) is 5.75 Å². The molecule has 2 aromatic heterocycles. The van der Waals surface area contributed by atoms with Crippen LogP contribution in [0, 0.1) is 0 Å². The topological polar surface area (TPSA) is 88.9 Å². The van der Waals surface area contributed by atoms with Gasteiger partial charge in [-0.15, -0.1) is 21.5 Å². The van der Waals surface area contributed by atoms with E-state index >= 15 is 0 Å². The van der Waals surface area contributed by atoms with Crippen molar-refractivity contribution in [3.8, 4) is 0 Å². The fourth-order valence-corrected chi connectivity index (χ4v) is 3.54. The summed E-state index contributed by atoms with van der Waals surface area (Å²) in [5.41, 5.74) is 4.81. The average Bonchev–Trinajstić information content (AvgIpc) is 3.10. The standard InChI is InChI=1S/C14H17N5O2S2/c1-2-19-12(9-5-6-9)16-18-14(19)23-8-11(20)15-17-13(21)10-4-3-7-22-10/h3-4,7,9H,2,5-6,8H2,1H3,(H,15,20)(H,17,21). The normalized spacial score (nSPS) is 13.8. The molecule has 9 heteroatoms. The molecule has 2 amide bonds. The Balaban J connectivity index is 1.48. The number of carbonyl (C=O) groups is 2. The summed E-state index contributed by atoms with van der Waals surface area (Å²) in [4.78, 5) is 24.1. The Morgan fingerprint density at radius 1 is 1.39 bits per heavy atom. The van der Waals surface area contributed by atoms with Crippen LogP contribution in [-0.4, -0.2) is 32.3 Å². The van der Waals surface area contributed by atoms with E-state index < -0.39 is 0 Å². The quantitative estimate of drug-likeness (QED) is 0.612. The van der Waals surface area contributed by atoms with Crippen LogP contribution in [0.5, 0.6) is 0 Å². The zero-order chi connectivity index (χ0) is 16.2. The highest BCUT2D eigenvalue weighted by Gasteiger charge is 2.30. The average molecular weight is 351 g/mol. The molecule has 7 nitrogen and oxygen atoms in total. The molecule has 0 unspecified atom stereocenters. The van der Waals surface area contributed by atoms with Gasteiger partial charge in [-0.2, -0.15) is 0 Å². The highest BCUT2D eigenvalue weighted by atomic mass is 32.2. The molecule has 0 saturated heterocycles. The van der Waals surface area contributed by atoms with Gasteiger partial charge in [-0.3, -0.25) is 20.4 Å². The van der Waals surface area contributed by atoms with Crippen molar-refractivity contribution >= 4 is 34.9 Å². The van der Waals surface area contributed by atoms with Gasteiger partial charge in [0.2, 0.25) is 5.91 Å². The lowest BCUT2D eigenvalue weighted by molar-refractivity contribution is -0.119. The van der Waals surface area contributed by atoms with Crippen LogP contribution < -0.4 is 10.9 Å². The van der Waals surface area contributed by atoms with E-state index in [9.17, 15) is 9.59 Å². The first-order valence-corrected chi connectivity index (χ1v) is 9.24. The van der Waals surface area contributed by atoms with Crippen molar-refractivity contribution in [1.82, 2.24) is 25.6 Å². The summed E-state index contributed by atoms with van der Waals surface area (Å²) in [6.07, 6.45) is 2.33. The van der Waals surface area contributed by atoms with Crippen LogP contribution in [0.4, 0.5) is 0 Å². The largest absolute Gasteiger partial charge is 0.306 e. The third-order valence-electron chi connectivity index (χ3n) is 3.40. The summed E-state index contributed by atoms with van der Waals surface area (Å²) in [6.45, 7) is 2.83. The smallest absolute Gasteiger partial charge is 0.279 e. The molecule has 1 saturated carbocycles. The lowest BCUT2D eigenvalue weighted by Gasteiger charge is -2.07. The van der Waals surface area contributed by atoms with Gasteiger partial charge in [-0.05, 0) is 31.2 Å². The molecule has 1 aliphatic carbocycles. The maximum absolute atomic E-state index is 11.8. The molecular weight excluding hydrogens is 334 g/mol. The number of aromatic nitrogens is 3. The number of hydrazine groups is 1. The van der Waals surface area contributed by atoms with Gasteiger partial charge in [0, 0.05) is 12.5 Å². The van der Waals surface area contributed by atoms with E-state index in [4.69, 9.17) is 0 Å². The molecule has 2 aromatic rings. The van der Waals surface area contributed by atoms with Gasteiger partial charge in [0.25, 0.3) is 5.91 Å². The van der Waals surface area contributed by atoms with E-state index in [1.807, 2.05) is 12.3 Å². The van der Waals surface area contributed by atoms with Crippen LogP contribution in [-0.2, 0) is 11.3 Å². The van der Waals surface area contributed by atoms with E-state index in [1.165, 1.54) is 23.1 Å². The first-order chi connectivity index (χ1) is 11.2. The number of rotatable bonds is 6. The Morgan fingerprint density at radius 3 is 2.87 bits per heavy atom. The summed E-state index contributed by atoms with van der Waals surface area (Å²) in [5.74, 6) is 1.12. The molecular formula is C14H17N5O2S2. The van der Waals surface area contributed by atoms with E-state index in [0.29, 0.717) is 10.8 Å². The fraction of sp³-hybridized carbons (Fsp3) is 0.429. The second-order valence-electron chi connectivity index (χ2n) is 5.13. The lowest BCUT2D eigenvalue weighted by Crippen LogP contribution is -2.42. The lowest BCUT2D eigenvalue weighted by atomic mass is 10.4. The number of nitrogens with one attached hydrogen (secondary N) is 2. The molecule has 0 spiro atoms. The van der Waals surface area contributed by atoms with Gasteiger partial charge in [0.1, 0.15) is 5.82 Å². The highest BCUT2D eigenvalue weighted by molar-refractivity contribution is 7.99. The summed E-state index contributed by atoms with van der Waals surface area (Å²) in [7, 11) is 0. The Bertz CT molecular complexity index is 694. The molecule has 1 aliphatic rings. The first kappa shape index (κ1) is 16.0. The Morgan fingerprint density at radius 2 is 2.22 bits per heavy atom. The molecule has 0 aromatic carbocycles. The van der Waals surface area contributed by atoms with Gasteiger partial charge >= 0.3 is 0 Å². The zero-order valence-corrected chi connectivity index (χ0v) is 14.2. The Labute approximate surface area is 141 Å². The molecule has 0 aliphatic heterocycles. The van der Waals surface area contributed by atoms with Crippen LogP contribution in [0.1, 0.15) is 41.2 Å². The number of thiophene rings is 1. The second kappa shape index (κ2) is 7.14. The number of carbonyl (C=O) groups excluding carboxylic acids is 2. The van der Waals surface area contributed by atoms with Crippen LogP contribution in [0.25, 0.3) is 0 Å². The van der Waals surface area contributed by atoms with Crippen molar-refractivity contribution in [3.63, 3.8) is 0 Å². The van der Waals surface area contributed by atoms with E-state index in [-0.39, 0.29) is 17.6 Å². The van der Waals surface area contributed by atoms with Crippen molar-refractivity contribution < 1.29 is 9.59 Å². The van der Waals surface area contributed by atoms with Gasteiger partial charge in [0.05, 0.1) is 10.6 Å². The van der Waals surface area contributed by atoms with Gasteiger partial charge in [-0.25, -0.2) is 0 Å². The van der Waals surface area contributed by atoms with Crippen molar-refractivity contribution in [2.45, 2.75) is 37.4 Å². The first-order valence-electron chi connectivity index (χ1n) is 7.37. The van der Waals surface area contributed by atoms with Crippen LogP contribution >= 0.6 is 23.1 Å². The van der Waals surface area contributed by atoms with E-state index in [0.717, 1.165) is 30.4 Å². The molecule has 0 radical (unpaired) electrons. The van der Waals surface area contributed by atoms with Crippen molar-refractivity contribution in [1.29, 1.82) is 0 Å². The Hall–Kier alpha value is -1.87. The molecule has 2 heterocycles. The molecule has 0 atom stereocenters. The second-order valence-corrected chi connectivity index (χ2v) is 7.02. The number of thioether (sulfide) groups is 1. The van der Waals surface area contributed by atoms with Gasteiger partial charge in [0.15, 0.2) is 5.16 Å². The zero-order valence-electron chi connectivity index (χ0n) is 12.6. The molecule has 122 valence electrons. The highest BCUT2D eigenvalue weighted by Crippen LogP contribution is 2.39. The van der Waals surface area contributed by atoms with Crippen molar-refractivity contribution in [2.24, 2.45) is 0 Å². The van der Waals surface area contributed by atoms with Crippen LogP contribution in [0.3, 0.4) is 0 Å². The number of amides is 2. The molecule has 2 N–H and O–H groups in total. The summed E-state index contributed by atoms with van der Waals surface area (Å²) in [6, 6.07) is 3.48. The summed E-state index contributed by atoms with van der Waals surface area (Å²) < 4.78 is 2.06. The molecule has 3 rings (SSSR count). The summed E-state index contributed by atoms with van der Waals surface area (Å²) in [5, 5.41) is 10.9. The minimum Gasteiger partial charge on any atom is -0.306 e. The van der Waals surface area contributed by atoms with Gasteiger partial charge in [-0.1, -0.05) is 17.8 Å².